The van der Waals surface area contributed by atoms with Gasteiger partial charge in [0.1, 0.15) is 11.8 Å². The Bertz CT molecular complexity index is 1120. The lowest BCUT2D eigenvalue weighted by molar-refractivity contribution is -0.140. The fraction of sp³-hybridized carbons (Fsp3) is 0.296. The lowest BCUT2D eigenvalue weighted by atomic mass is 10.1. The smallest absolute Gasteiger partial charge is 0.242 e. The van der Waals surface area contributed by atoms with Crippen molar-refractivity contribution in [1.82, 2.24) is 15.2 Å². The third kappa shape index (κ3) is 6.96. The zero-order valence-corrected chi connectivity index (χ0v) is 20.5. The van der Waals surface area contributed by atoms with Crippen LogP contribution in [0.4, 0.5) is 0 Å². The number of pyridine rings is 1. The Balaban J connectivity index is 1.79. The van der Waals surface area contributed by atoms with Gasteiger partial charge in [0.2, 0.25) is 11.8 Å². The first-order valence-electron chi connectivity index (χ1n) is 11.3. The highest BCUT2D eigenvalue weighted by Crippen LogP contribution is 2.28. The van der Waals surface area contributed by atoms with Crippen molar-refractivity contribution < 1.29 is 23.8 Å². The molecule has 8 nitrogen and oxygen atoms in total. The molecular formula is C27H31N3O5. The van der Waals surface area contributed by atoms with E-state index < -0.39 is 6.04 Å². The molecule has 1 aromatic heterocycles. The molecule has 0 saturated carbocycles. The maximum atomic E-state index is 13.5. The van der Waals surface area contributed by atoms with Crippen LogP contribution in [-0.4, -0.2) is 49.1 Å². The first-order valence-corrected chi connectivity index (χ1v) is 11.3. The van der Waals surface area contributed by atoms with Gasteiger partial charge >= 0.3 is 0 Å². The van der Waals surface area contributed by atoms with Gasteiger partial charge in [0.25, 0.3) is 0 Å². The summed E-state index contributed by atoms with van der Waals surface area (Å²) in [6, 6.07) is 17.6. The van der Waals surface area contributed by atoms with E-state index in [1.54, 1.807) is 51.5 Å². The van der Waals surface area contributed by atoms with E-state index in [1.807, 2.05) is 48.5 Å². The molecule has 0 bridgehead atoms. The molecule has 2 amide bonds. The summed E-state index contributed by atoms with van der Waals surface area (Å²) in [5, 5.41) is 2.88. The van der Waals surface area contributed by atoms with Gasteiger partial charge in [0, 0.05) is 12.7 Å². The van der Waals surface area contributed by atoms with Crippen molar-refractivity contribution in [1.29, 1.82) is 0 Å². The number of ether oxygens (including phenoxy) is 3. The number of nitrogens with one attached hydrogen (secondary N) is 1. The Labute approximate surface area is 205 Å². The number of benzene rings is 2. The Kier molecular flexibility index (Phi) is 9.06. The Morgan fingerprint density at radius 3 is 2.26 bits per heavy atom. The third-order valence-electron chi connectivity index (χ3n) is 5.65. The number of methoxy groups -OCH3 is 3. The zero-order chi connectivity index (χ0) is 25.2. The molecule has 1 atom stereocenters. The molecule has 2 aromatic carbocycles. The van der Waals surface area contributed by atoms with Crippen molar-refractivity contribution in [2.75, 3.05) is 21.3 Å². The predicted molar refractivity (Wildman–Crippen MR) is 132 cm³/mol. The molecular weight excluding hydrogens is 446 g/mol. The lowest BCUT2D eigenvalue weighted by Gasteiger charge is -2.29. The summed E-state index contributed by atoms with van der Waals surface area (Å²) in [4.78, 5) is 32.3. The normalized spacial score (nSPS) is 11.3. The van der Waals surface area contributed by atoms with Crippen LogP contribution in [0, 0.1) is 0 Å². The van der Waals surface area contributed by atoms with Crippen LogP contribution in [0.1, 0.15) is 23.7 Å². The molecule has 0 aliphatic carbocycles. The van der Waals surface area contributed by atoms with Crippen molar-refractivity contribution in [3.63, 3.8) is 0 Å². The maximum Gasteiger partial charge on any atom is 0.242 e. The standard InChI is InChI=1S/C27H31N3O5/c1-19(27(32)29-17-22-7-5-6-14-28-22)30(18-20-8-11-23(33-2)12-9-20)26(31)16-21-10-13-24(34-3)25(15-21)35-4/h5-15,19H,16-18H2,1-4H3,(H,29,32)/t19-/m1/s1. The van der Waals surface area contributed by atoms with Crippen LogP contribution in [0.25, 0.3) is 0 Å². The van der Waals surface area contributed by atoms with E-state index in [0.29, 0.717) is 11.5 Å². The minimum Gasteiger partial charge on any atom is -0.497 e. The van der Waals surface area contributed by atoms with Crippen LogP contribution in [0.3, 0.4) is 0 Å². The topological polar surface area (TPSA) is 90.0 Å². The molecule has 1 heterocycles. The number of rotatable bonds is 11. The molecule has 35 heavy (non-hydrogen) atoms. The van der Waals surface area contributed by atoms with Gasteiger partial charge in [-0.15, -0.1) is 0 Å². The Hall–Kier alpha value is -4.07. The molecule has 0 radical (unpaired) electrons. The number of carbonyl (C=O) groups excluding carboxylic acids is 2. The predicted octanol–water partition coefficient (Wildman–Crippen LogP) is 3.38. The fourth-order valence-electron chi connectivity index (χ4n) is 3.61. The maximum absolute atomic E-state index is 13.5. The van der Waals surface area contributed by atoms with Crippen molar-refractivity contribution in [2.45, 2.75) is 32.5 Å². The third-order valence-corrected chi connectivity index (χ3v) is 5.65. The van der Waals surface area contributed by atoms with Gasteiger partial charge < -0.3 is 24.4 Å². The first kappa shape index (κ1) is 25.6. The second-order valence-corrected chi connectivity index (χ2v) is 7.95. The second-order valence-electron chi connectivity index (χ2n) is 7.95. The summed E-state index contributed by atoms with van der Waals surface area (Å²) < 4.78 is 15.9. The minimum atomic E-state index is -0.701. The molecule has 3 rings (SSSR count). The SMILES string of the molecule is COc1ccc(CN(C(=O)Cc2ccc(OC)c(OC)c2)[C@H](C)C(=O)NCc2ccccn2)cc1. The molecule has 8 heteroatoms. The number of hydrogen-bond acceptors (Lipinski definition) is 6. The molecule has 0 spiro atoms. The van der Waals surface area contributed by atoms with Crippen molar-refractivity contribution in [2.24, 2.45) is 0 Å². The highest BCUT2D eigenvalue weighted by molar-refractivity contribution is 5.88. The van der Waals surface area contributed by atoms with Crippen molar-refractivity contribution in [3.8, 4) is 17.2 Å². The molecule has 0 saturated heterocycles. The van der Waals surface area contributed by atoms with Gasteiger partial charge in [-0.2, -0.15) is 0 Å². The lowest BCUT2D eigenvalue weighted by Crippen LogP contribution is -2.48. The summed E-state index contributed by atoms with van der Waals surface area (Å²) in [5.74, 6) is 1.40. The van der Waals surface area contributed by atoms with E-state index >= 15 is 0 Å². The zero-order valence-electron chi connectivity index (χ0n) is 20.5. The quantitative estimate of drug-likeness (QED) is 0.455. The molecule has 0 aliphatic heterocycles. The van der Waals surface area contributed by atoms with Crippen LogP contribution >= 0.6 is 0 Å². The van der Waals surface area contributed by atoms with Gasteiger partial charge in [0.15, 0.2) is 11.5 Å². The van der Waals surface area contributed by atoms with E-state index in [1.165, 1.54) is 0 Å². The average molecular weight is 478 g/mol. The van der Waals surface area contributed by atoms with Gasteiger partial charge in [-0.05, 0) is 54.4 Å². The summed E-state index contributed by atoms with van der Waals surface area (Å²) >= 11 is 0. The van der Waals surface area contributed by atoms with E-state index in [-0.39, 0.29) is 31.3 Å². The van der Waals surface area contributed by atoms with Gasteiger partial charge in [-0.3, -0.25) is 14.6 Å². The van der Waals surface area contributed by atoms with Crippen LogP contribution in [0.5, 0.6) is 17.2 Å². The highest BCUT2D eigenvalue weighted by atomic mass is 16.5. The van der Waals surface area contributed by atoms with E-state index in [0.717, 1.165) is 22.6 Å². The Morgan fingerprint density at radius 1 is 0.914 bits per heavy atom. The largest absolute Gasteiger partial charge is 0.497 e. The van der Waals surface area contributed by atoms with E-state index in [4.69, 9.17) is 14.2 Å². The average Bonchev–Trinajstić information content (AvgIpc) is 2.90. The van der Waals surface area contributed by atoms with Crippen LogP contribution < -0.4 is 19.5 Å². The van der Waals surface area contributed by atoms with E-state index in [2.05, 4.69) is 10.3 Å². The van der Waals surface area contributed by atoms with Crippen LogP contribution in [0.15, 0.2) is 66.9 Å². The number of hydrogen-bond donors (Lipinski definition) is 1. The van der Waals surface area contributed by atoms with E-state index in [9.17, 15) is 9.59 Å². The number of nitrogens with zero attached hydrogens (tertiary/aromatic N) is 2. The first-order chi connectivity index (χ1) is 16.9. The number of amides is 2. The summed E-state index contributed by atoms with van der Waals surface area (Å²) in [5.41, 5.74) is 2.38. The van der Waals surface area contributed by atoms with Crippen LogP contribution in [0.2, 0.25) is 0 Å². The molecule has 184 valence electrons. The monoisotopic (exact) mass is 477 g/mol. The summed E-state index contributed by atoms with van der Waals surface area (Å²) in [6.07, 6.45) is 1.78. The molecule has 1 N–H and O–H groups in total. The molecule has 3 aromatic rings. The van der Waals surface area contributed by atoms with Crippen LogP contribution in [-0.2, 0) is 29.1 Å². The fourth-order valence-corrected chi connectivity index (χ4v) is 3.61. The minimum absolute atomic E-state index is 0.106. The summed E-state index contributed by atoms with van der Waals surface area (Å²) in [6.45, 7) is 2.28. The summed E-state index contributed by atoms with van der Waals surface area (Å²) in [7, 11) is 4.71. The number of carbonyl (C=O) groups is 2. The Morgan fingerprint density at radius 2 is 1.63 bits per heavy atom. The van der Waals surface area contributed by atoms with Gasteiger partial charge in [0.05, 0.1) is 40.0 Å². The molecule has 0 fully saturated rings. The van der Waals surface area contributed by atoms with Gasteiger partial charge in [-0.25, -0.2) is 0 Å². The van der Waals surface area contributed by atoms with Crippen molar-refractivity contribution >= 4 is 11.8 Å². The number of aromatic nitrogens is 1. The van der Waals surface area contributed by atoms with Crippen molar-refractivity contribution in [3.05, 3.63) is 83.7 Å². The molecule has 0 aliphatic rings. The van der Waals surface area contributed by atoms with Gasteiger partial charge in [-0.1, -0.05) is 24.3 Å². The molecule has 0 unspecified atom stereocenters. The highest BCUT2D eigenvalue weighted by Gasteiger charge is 2.26. The second kappa shape index (κ2) is 12.4.